The molecule has 41 heavy (non-hydrogen) atoms. The molecule has 214 valence electrons. The second-order valence-electron chi connectivity index (χ2n) is 10.0. The van der Waals surface area contributed by atoms with Crippen LogP contribution in [-0.4, -0.2) is 24.8 Å². The van der Waals surface area contributed by atoms with E-state index in [9.17, 15) is 15.6 Å². The van der Waals surface area contributed by atoms with Gasteiger partial charge in [-0.25, -0.2) is 0 Å². The average Bonchev–Trinajstić information content (AvgIpc) is 3.32. The van der Waals surface area contributed by atoms with Crippen molar-refractivity contribution in [1.82, 2.24) is 0 Å². The fourth-order valence-electron chi connectivity index (χ4n) is 4.82. The minimum Gasteiger partial charge on any atom is -0.462 e. The summed E-state index contributed by atoms with van der Waals surface area (Å²) in [5.41, 5.74) is 5.76. The number of nitriles is 2. The lowest BCUT2D eigenvalue weighted by atomic mass is 9.97. The smallest absolute Gasteiger partial charge is 0.137 e. The molecule has 0 fully saturated rings. The molecule has 0 radical (unpaired) electrons. The van der Waals surface area contributed by atoms with Crippen LogP contribution < -0.4 is 4.90 Å². The zero-order valence-electron chi connectivity index (χ0n) is 24.7. The van der Waals surface area contributed by atoms with Crippen LogP contribution in [0.25, 0.3) is 18.2 Å². The second kappa shape index (κ2) is 16.4. The van der Waals surface area contributed by atoms with Gasteiger partial charge in [0.05, 0.1) is 6.61 Å². The van der Waals surface area contributed by atoms with Crippen LogP contribution >= 0.6 is 11.3 Å². The van der Waals surface area contributed by atoms with Crippen LogP contribution in [0.2, 0.25) is 0 Å². The van der Waals surface area contributed by atoms with Crippen LogP contribution in [0, 0.1) is 22.7 Å². The van der Waals surface area contributed by atoms with Crippen LogP contribution in [-0.2, 0) is 17.6 Å². The Morgan fingerprint density at radius 3 is 2.05 bits per heavy atom. The predicted octanol–water partition coefficient (Wildman–Crippen LogP) is 8.60. The highest BCUT2D eigenvalue weighted by atomic mass is 32.1. The van der Waals surface area contributed by atoms with Crippen LogP contribution in [0.5, 0.6) is 0 Å². The third kappa shape index (κ3) is 8.82. The van der Waals surface area contributed by atoms with Gasteiger partial charge in [0.15, 0.2) is 0 Å². The molecule has 2 aromatic rings. The zero-order chi connectivity index (χ0) is 29.6. The van der Waals surface area contributed by atoms with Gasteiger partial charge in [-0.3, -0.25) is 0 Å². The summed E-state index contributed by atoms with van der Waals surface area (Å²) in [7, 11) is 0. The molecule has 0 aliphatic carbocycles. The standard InChI is InChI=1S/C35H41N3O2S/c1-5-8-10-32-33(11-9-6-2)35(19-17-31-23-28(22-26(4)40-31)29(24-36)25-37)41-34(32)18-14-27-12-15-30(16-13-27)38(7-3)20-21-39/h12-19,22-23,39H,5-11,20-21H2,1-4H3/b18-14+,19-17+. The summed E-state index contributed by atoms with van der Waals surface area (Å²) in [6.07, 6.45) is 18.6. The Labute approximate surface area is 249 Å². The van der Waals surface area contributed by atoms with Crippen LogP contribution in [0.1, 0.15) is 79.8 Å². The molecule has 0 amide bonds. The molecule has 5 nitrogen and oxygen atoms in total. The number of nitrogens with zero attached hydrogens (tertiary/aromatic N) is 3. The molecule has 0 spiro atoms. The Morgan fingerprint density at radius 2 is 1.51 bits per heavy atom. The van der Waals surface area contributed by atoms with Crippen molar-refractivity contribution in [3.05, 3.63) is 91.6 Å². The molecular weight excluding hydrogens is 526 g/mol. The van der Waals surface area contributed by atoms with Crippen molar-refractivity contribution in [2.75, 3.05) is 24.6 Å². The van der Waals surface area contributed by atoms with E-state index in [1.165, 1.54) is 20.9 Å². The highest BCUT2D eigenvalue weighted by Crippen LogP contribution is 2.35. The summed E-state index contributed by atoms with van der Waals surface area (Å²) >= 11 is 1.81. The van der Waals surface area contributed by atoms with E-state index in [0.717, 1.165) is 56.3 Å². The Hall–Kier alpha value is -3.84. The molecule has 1 aromatic heterocycles. The van der Waals surface area contributed by atoms with Crippen LogP contribution in [0.3, 0.4) is 0 Å². The van der Waals surface area contributed by atoms with Crippen molar-refractivity contribution in [1.29, 1.82) is 10.5 Å². The number of hydrogen-bond donors (Lipinski definition) is 1. The summed E-state index contributed by atoms with van der Waals surface area (Å²) in [5, 5.41) is 28.0. The molecule has 3 rings (SSSR count). The topological polar surface area (TPSA) is 80.3 Å². The summed E-state index contributed by atoms with van der Waals surface area (Å²) in [5.74, 6) is 1.27. The second-order valence-corrected chi connectivity index (χ2v) is 11.1. The van der Waals surface area contributed by atoms with Gasteiger partial charge in [0.2, 0.25) is 0 Å². The van der Waals surface area contributed by atoms with Crippen molar-refractivity contribution in [2.45, 2.75) is 66.2 Å². The molecule has 6 heteroatoms. The summed E-state index contributed by atoms with van der Waals surface area (Å²) < 4.78 is 5.91. The highest BCUT2D eigenvalue weighted by molar-refractivity contribution is 7.14. The monoisotopic (exact) mass is 567 g/mol. The first-order valence-corrected chi connectivity index (χ1v) is 15.4. The van der Waals surface area contributed by atoms with Gasteiger partial charge in [-0.1, -0.05) is 44.9 Å². The molecule has 1 aliphatic rings. The third-order valence-corrected chi connectivity index (χ3v) is 8.23. The zero-order valence-corrected chi connectivity index (χ0v) is 25.6. The molecule has 1 aliphatic heterocycles. The SMILES string of the molecule is CCCCc1c(/C=C/C2=CC(=C(C#N)C#N)C=C(C)O2)sc(/C=C/c2ccc(N(CC)CCO)cc2)c1CCCC. The summed E-state index contributed by atoms with van der Waals surface area (Å²) in [4.78, 5) is 4.68. The molecule has 1 aromatic carbocycles. The Kier molecular flexibility index (Phi) is 12.7. The number of rotatable bonds is 14. The van der Waals surface area contributed by atoms with Gasteiger partial charge in [-0.05, 0) is 98.7 Å². The molecule has 2 heterocycles. The number of hydrogen-bond acceptors (Lipinski definition) is 6. The van der Waals surface area contributed by atoms with E-state index in [-0.39, 0.29) is 12.2 Å². The number of benzene rings is 1. The van der Waals surface area contributed by atoms with Gasteiger partial charge >= 0.3 is 0 Å². The quantitative estimate of drug-likeness (QED) is 0.231. The van der Waals surface area contributed by atoms with Gasteiger partial charge in [0, 0.05) is 34.1 Å². The van der Waals surface area contributed by atoms with Gasteiger partial charge in [0.1, 0.15) is 29.2 Å². The fourth-order valence-corrected chi connectivity index (χ4v) is 6.03. The molecule has 0 bridgehead atoms. The van der Waals surface area contributed by atoms with E-state index in [2.05, 4.69) is 68.2 Å². The molecule has 1 N–H and O–H groups in total. The summed E-state index contributed by atoms with van der Waals surface area (Å²) in [6, 6.07) is 12.5. The first kappa shape index (κ1) is 31.7. The van der Waals surface area contributed by atoms with Crippen LogP contribution in [0.4, 0.5) is 5.69 Å². The van der Waals surface area contributed by atoms with Gasteiger partial charge in [-0.15, -0.1) is 11.3 Å². The van der Waals surface area contributed by atoms with Gasteiger partial charge < -0.3 is 14.7 Å². The van der Waals surface area contributed by atoms with E-state index in [4.69, 9.17) is 4.74 Å². The predicted molar refractivity (Wildman–Crippen MR) is 172 cm³/mol. The Morgan fingerprint density at radius 1 is 0.902 bits per heavy atom. The van der Waals surface area contributed by atoms with Crippen molar-refractivity contribution in [2.24, 2.45) is 0 Å². The van der Waals surface area contributed by atoms with Crippen molar-refractivity contribution >= 4 is 35.3 Å². The molecule has 0 atom stereocenters. The largest absolute Gasteiger partial charge is 0.462 e. The Bertz CT molecular complexity index is 1390. The maximum absolute atomic E-state index is 9.34. The minimum atomic E-state index is 0.0800. The number of ether oxygens (including phenoxy) is 1. The van der Waals surface area contributed by atoms with E-state index in [0.29, 0.717) is 23.6 Å². The van der Waals surface area contributed by atoms with E-state index < -0.39 is 0 Å². The van der Waals surface area contributed by atoms with E-state index >= 15 is 0 Å². The highest BCUT2D eigenvalue weighted by Gasteiger charge is 2.16. The lowest BCUT2D eigenvalue weighted by molar-refractivity contribution is 0.302. The molecule has 0 saturated carbocycles. The van der Waals surface area contributed by atoms with Crippen LogP contribution in [0.15, 0.2) is 65.2 Å². The minimum absolute atomic E-state index is 0.0800. The normalized spacial score (nSPS) is 13.1. The van der Waals surface area contributed by atoms with Crippen molar-refractivity contribution in [3.8, 4) is 12.1 Å². The number of allylic oxidation sites excluding steroid dienone is 6. The lowest BCUT2D eigenvalue weighted by Gasteiger charge is -2.21. The lowest BCUT2D eigenvalue weighted by Crippen LogP contribution is -2.25. The maximum Gasteiger partial charge on any atom is 0.137 e. The van der Waals surface area contributed by atoms with E-state index in [1.54, 1.807) is 23.5 Å². The first-order chi connectivity index (χ1) is 20.0. The number of likely N-dealkylation sites (N-methyl/N-ethyl adjacent to an activating group) is 1. The van der Waals surface area contributed by atoms with E-state index in [1.807, 2.05) is 25.1 Å². The van der Waals surface area contributed by atoms with Gasteiger partial charge in [-0.2, -0.15) is 10.5 Å². The third-order valence-electron chi connectivity index (χ3n) is 7.02. The molecule has 0 saturated heterocycles. The first-order valence-electron chi connectivity index (χ1n) is 14.6. The number of aliphatic hydroxyl groups excluding tert-OH is 1. The average molecular weight is 568 g/mol. The molecular formula is C35H41N3O2S. The maximum atomic E-state index is 9.34. The summed E-state index contributed by atoms with van der Waals surface area (Å²) in [6.45, 7) is 10.0. The fraction of sp³-hybridized carbons (Fsp3) is 0.371. The number of unbranched alkanes of at least 4 members (excludes halogenated alkanes) is 2. The Balaban J connectivity index is 1.97. The van der Waals surface area contributed by atoms with Gasteiger partial charge in [0.25, 0.3) is 0 Å². The number of thiophene rings is 1. The van der Waals surface area contributed by atoms with Crippen molar-refractivity contribution < 1.29 is 9.84 Å². The number of anilines is 1. The molecule has 0 unspecified atom stereocenters. The van der Waals surface area contributed by atoms with Crippen molar-refractivity contribution in [3.63, 3.8) is 0 Å². The number of aliphatic hydroxyl groups is 1.